The minimum Gasteiger partial charge on any atom is -0.398 e. The Labute approximate surface area is 114 Å². The predicted octanol–water partition coefficient (Wildman–Crippen LogP) is 2.85. The lowest BCUT2D eigenvalue weighted by Crippen LogP contribution is -2.14. The lowest BCUT2D eigenvalue weighted by molar-refractivity contribution is 0.591. The van der Waals surface area contributed by atoms with E-state index in [2.05, 4.69) is 0 Å². The van der Waals surface area contributed by atoms with Gasteiger partial charge in [0.05, 0.1) is 16.3 Å². The Bertz CT molecular complexity index is 651. The fourth-order valence-electron chi connectivity index (χ4n) is 2.06. The van der Waals surface area contributed by atoms with Crippen LogP contribution < -0.4 is 5.73 Å². The van der Waals surface area contributed by atoms with E-state index in [1.54, 1.807) is 24.3 Å². The molecule has 0 aliphatic rings. The minimum atomic E-state index is -3.36. The molecule has 0 aliphatic heterocycles. The third kappa shape index (κ3) is 3.15. The van der Waals surface area contributed by atoms with Gasteiger partial charge >= 0.3 is 0 Å². The van der Waals surface area contributed by atoms with E-state index in [4.69, 9.17) is 5.73 Å². The number of hydrogen-bond acceptors (Lipinski definition) is 3. The van der Waals surface area contributed by atoms with Crippen molar-refractivity contribution in [2.45, 2.75) is 17.7 Å². The summed E-state index contributed by atoms with van der Waals surface area (Å²) in [7, 11) is -3.36. The van der Waals surface area contributed by atoms with Gasteiger partial charge in [0.1, 0.15) is 0 Å². The second-order valence-corrected chi connectivity index (χ2v) is 6.63. The van der Waals surface area contributed by atoms with Gasteiger partial charge in [-0.1, -0.05) is 49.4 Å². The standard InChI is InChI=1S/C15H17NO2S/c1-12(13-7-3-2-4-8-13)11-19(17,18)15-10-6-5-9-14(15)16/h2-10,12H,11,16H2,1H3. The zero-order valence-corrected chi connectivity index (χ0v) is 11.6. The van der Waals surface area contributed by atoms with E-state index in [-0.39, 0.29) is 16.6 Å². The summed E-state index contributed by atoms with van der Waals surface area (Å²) in [4.78, 5) is 0.220. The summed E-state index contributed by atoms with van der Waals surface area (Å²) >= 11 is 0. The Morgan fingerprint density at radius 2 is 1.58 bits per heavy atom. The van der Waals surface area contributed by atoms with Crippen molar-refractivity contribution in [1.29, 1.82) is 0 Å². The molecule has 0 fully saturated rings. The quantitative estimate of drug-likeness (QED) is 0.873. The zero-order valence-electron chi connectivity index (χ0n) is 10.8. The molecule has 19 heavy (non-hydrogen) atoms. The molecule has 0 saturated heterocycles. The maximum absolute atomic E-state index is 12.4. The normalized spacial score (nSPS) is 13.1. The van der Waals surface area contributed by atoms with Crippen LogP contribution in [0.4, 0.5) is 5.69 Å². The number of nitrogen functional groups attached to an aromatic ring is 1. The lowest BCUT2D eigenvalue weighted by Gasteiger charge is -2.13. The van der Waals surface area contributed by atoms with Crippen LogP contribution >= 0.6 is 0 Å². The number of rotatable bonds is 4. The molecule has 3 nitrogen and oxygen atoms in total. The molecule has 2 N–H and O–H groups in total. The predicted molar refractivity (Wildman–Crippen MR) is 77.8 cm³/mol. The number of sulfone groups is 1. The second-order valence-electron chi connectivity index (χ2n) is 4.63. The molecule has 2 aromatic carbocycles. The topological polar surface area (TPSA) is 60.2 Å². The molecule has 0 aromatic heterocycles. The molecule has 100 valence electrons. The molecule has 0 bridgehead atoms. The number of para-hydroxylation sites is 1. The summed E-state index contributed by atoms with van der Waals surface area (Å²) in [6.07, 6.45) is 0. The lowest BCUT2D eigenvalue weighted by atomic mass is 10.0. The SMILES string of the molecule is CC(CS(=O)(=O)c1ccccc1N)c1ccccc1. The first-order chi connectivity index (χ1) is 9.00. The summed E-state index contributed by atoms with van der Waals surface area (Å²) < 4.78 is 24.7. The highest BCUT2D eigenvalue weighted by molar-refractivity contribution is 7.91. The van der Waals surface area contributed by atoms with Crippen molar-refractivity contribution in [3.8, 4) is 0 Å². The van der Waals surface area contributed by atoms with E-state index in [1.165, 1.54) is 0 Å². The summed E-state index contributed by atoms with van der Waals surface area (Å²) in [6.45, 7) is 1.91. The van der Waals surface area contributed by atoms with Crippen LogP contribution in [0.5, 0.6) is 0 Å². The Hall–Kier alpha value is -1.81. The molecular weight excluding hydrogens is 258 g/mol. The Balaban J connectivity index is 2.26. The number of anilines is 1. The number of nitrogens with two attached hydrogens (primary N) is 1. The fourth-order valence-corrected chi connectivity index (χ4v) is 3.80. The first-order valence-corrected chi connectivity index (χ1v) is 7.78. The Morgan fingerprint density at radius 3 is 2.21 bits per heavy atom. The van der Waals surface area contributed by atoms with E-state index in [0.29, 0.717) is 5.69 Å². The Morgan fingerprint density at radius 1 is 1.00 bits per heavy atom. The van der Waals surface area contributed by atoms with Gasteiger partial charge in [-0.15, -0.1) is 0 Å². The highest BCUT2D eigenvalue weighted by atomic mass is 32.2. The third-order valence-electron chi connectivity index (χ3n) is 3.09. The molecule has 0 amide bonds. The maximum Gasteiger partial charge on any atom is 0.180 e. The van der Waals surface area contributed by atoms with Gasteiger partial charge in [-0.2, -0.15) is 0 Å². The molecule has 1 atom stereocenters. The monoisotopic (exact) mass is 275 g/mol. The average molecular weight is 275 g/mol. The molecule has 0 aliphatic carbocycles. The van der Waals surface area contributed by atoms with Crippen molar-refractivity contribution in [3.63, 3.8) is 0 Å². The van der Waals surface area contributed by atoms with Gasteiger partial charge in [0.15, 0.2) is 9.84 Å². The van der Waals surface area contributed by atoms with Gasteiger partial charge in [0.2, 0.25) is 0 Å². The summed E-state index contributed by atoms with van der Waals surface area (Å²) in [6, 6.07) is 16.2. The second kappa shape index (κ2) is 5.45. The molecule has 0 radical (unpaired) electrons. The number of benzene rings is 2. The van der Waals surface area contributed by atoms with Crippen LogP contribution in [0, 0.1) is 0 Å². The highest BCUT2D eigenvalue weighted by Gasteiger charge is 2.21. The summed E-state index contributed by atoms with van der Waals surface area (Å²) in [5.41, 5.74) is 7.06. The molecular formula is C15H17NO2S. The van der Waals surface area contributed by atoms with Crippen molar-refractivity contribution >= 4 is 15.5 Å². The summed E-state index contributed by atoms with van der Waals surface area (Å²) in [5.74, 6) is -0.00333. The minimum absolute atomic E-state index is 0.0607. The van der Waals surface area contributed by atoms with Crippen molar-refractivity contribution in [3.05, 3.63) is 60.2 Å². The smallest absolute Gasteiger partial charge is 0.180 e. The third-order valence-corrected chi connectivity index (χ3v) is 5.07. The van der Waals surface area contributed by atoms with Crippen LogP contribution in [0.1, 0.15) is 18.4 Å². The number of hydrogen-bond donors (Lipinski definition) is 1. The Kier molecular flexibility index (Phi) is 3.90. The molecule has 2 rings (SSSR count). The van der Waals surface area contributed by atoms with Crippen LogP contribution in [0.25, 0.3) is 0 Å². The summed E-state index contributed by atoms with van der Waals surface area (Å²) in [5, 5.41) is 0. The van der Waals surface area contributed by atoms with Crippen LogP contribution in [-0.2, 0) is 9.84 Å². The van der Waals surface area contributed by atoms with Crippen molar-refractivity contribution in [1.82, 2.24) is 0 Å². The van der Waals surface area contributed by atoms with E-state index in [1.807, 2.05) is 37.3 Å². The van der Waals surface area contributed by atoms with Gasteiger partial charge in [0.25, 0.3) is 0 Å². The largest absolute Gasteiger partial charge is 0.398 e. The molecule has 4 heteroatoms. The van der Waals surface area contributed by atoms with E-state index >= 15 is 0 Å². The van der Waals surface area contributed by atoms with E-state index in [0.717, 1.165) is 5.56 Å². The van der Waals surface area contributed by atoms with Crippen LogP contribution in [0.15, 0.2) is 59.5 Å². The molecule has 0 spiro atoms. The molecule has 0 heterocycles. The van der Waals surface area contributed by atoms with Crippen LogP contribution in [-0.4, -0.2) is 14.2 Å². The highest BCUT2D eigenvalue weighted by Crippen LogP contribution is 2.24. The first-order valence-electron chi connectivity index (χ1n) is 6.13. The van der Waals surface area contributed by atoms with Gasteiger partial charge in [-0.3, -0.25) is 0 Å². The molecule has 1 unspecified atom stereocenters. The van der Waals surface area contributed by atoms with Crippen LogP contribution in [0.3, 0.4) is 0 Å². The van der Waals surface area contributed by atoms with E-state index in [9.17, 15) is 8.42 Å². The van der Waals surface area contributed by atoms with Crippen LogP contribution in [0.2, 0.25) is 0 Å². The van der Waals surface area contributed by atoms with Crippen molar-refractivity contribution < 1.29 is 8.42 Å². The fraction of sp³-hybridized carbons (Fsp3) is 0.200. The first kappa shape index (κ1) is 13.6. The van der Waals surface area contributed by atoms with Crippen molar-refractivity contribution in [2.24, 2.45) is 0 Å². The van der Waals surface area contributed by atoms with E-state index < -0.39 is 9.84 Å². The van der Waals surface area contributed by atoms with Gasteiger partial charge in [0, 0.05) is 0 Å². The molecule has 0 saturated carbocycles. The van der Waals surface area contributed by atoms with Gasteiger partial charge in [-0.25, -0.2) is 8.42 Å². The average Bonchev–Trinajstić information content (AvgIpc) is 2.39. The maximum atomic E-state index is 12.4. The molecule has 2 aromatic rings. The van der Waals surface area contributed by atoms with Gasteiger partial charge < -0.3 is 5.73 Å². The van der Waals surface area contributed by atoms with Crippen molar-refractivity contribution in [2.75, 3.05) is 11.5 Å². The van der Waals surface area contributed by atoms with Gasteiger partial charge in [-0.05, 0) is 23.6 Å². The zero-order chi connectivity index (χ0) is 13.9.